The molecule has 7 heteroatoms. The van der Waals surface area contributed by atoms with E-state index in [-0.39, 0.29) is 24.0 Å². The Bertz CT molecular complexity index is 459. The highest BCUT2D eigenvalue weighted by Gasteiger charge is 2.12. The minimum Gasteiger partial charge on any atom is -0.357 e. The maximum atomic E-state index is 4.80. The van der Waals surface area contributed by atoms with Crippen LogP contribution in [0.3, 0.4) is 0 Å². The summed E-state index contributed by atoms with van der Waals surface area (Å²) in [6, 6.07) is 0.457. The summed E-state index contributed by atoms with van der Waals surface area (Å²) in [5.41, 5.74) is 1.10. The lowest BCUT2D eigenvalue weighted by atomic mass is 10.3. The Labute approximate surface area is 162 Å². The molecule has 1 atom stereocenters. The van der Waals surface area contributed by atoms with Crippen LogP contribution >= 0.6 is 35.3 Å². The Kier molecular flexibility index (Phi) is 11.8. The van der Waals surface area contributed by atoms with E-state index in [9.17, 15) is 0 Å². The zero-order valence-electron chi connectivity index (χ0n) is 15.3. The van der Waals surface area contributed by atoms with Gasteiger partial charge in [-0.3, -0.25) is 9.89 Å². The second-order valence-corrected chi connectivity index (χ2v) is 6.54. The van der Waals surface area contributed by atoms with Crippen LogP contribution in [0.4, 0.5) is 0 Å². The number of hydrogen-bond donors (Lipinski definition) is 1. The molecular weight excluding hydrogens is 421 g/mol. The van der Waals surface area contributed by atoms with Crippen LogP contribution in [0.25, 0.3) is 0 Å². The standard InChI is InChI=1S/C16H31N5S.HI/c1-7-17-16(18-10-13(4)21(8-2)9-3)20(6)11-15-12-22-14(5)19-15;/h12-13H,7-11H2,1-6H3,(H,17,18);1H. The first-order valence-electron chi connectivity index (χ1n) is 8.16. The molecule has 1 aromatic heterocycles. The molecular formula is C16H32IN5S. The van der Waals surface area contributed by atoms with E-state index < -0.39 is 0 Å². The molecule has 1 rings (SSSR count). The fourth-order valence-corrected chi connectivity index (χ4v) is 3.05. The van der Waals surface area contributed by atoms with Crippen LogP contribution in [0.5, 0.6) is 0 Å². The SMILES string of the molecule is CCNC(=NCC(C)N(CC)CC)N(C)Cc1csc(C)n1.I. The summed E-state index contributed by atoms with van der Waals surface area (Å²) in [4.78, 5) is 13.9. The molecule has 0 radical (unpaired) electrons. The van der Waals surface area contributed by atoms with E-state index in [0.29, 0.717) is 6.04 Å². The number of aryl methyl sites for hydroxylation is 1. The minimum absolute atomic E-state index is 0. The van der Waals surface area contributed by atoms with Crippen LogP contribution in [0.15, 0.2) is 10.4 Å². The molecule has 0 saturated carbocycles. The molecule has 1 unspecified atom stereocenters. The molecule has 0 spiro atoms. The summed E-state index contributed by atoms with van der Waals surface area (Å²) in [6.07, 6.45) is 0. The number of aliphatic imine (C=N–C) groups is 1. The van der Waals surface area contributed by atoms with E-state index in [1.54, 1.807) is 11.3 Å². The number of thiazole rings is 1. The highest BCUT2D eigenvalue weighted by atomic mass is 127. The van der Waals surface area contributed by atoms with Crippen LogP contribution in [0, 0.1) is 6.92 Å². The van der Waals surface area contributed by atoms with Gasteiger partial charge in [0.15, 0.2) is 5.96 Å². The van der Waals surface area contributed by atoms with Crippen molar-refractivity contribution in [2.45, 2.75) is 47.2 Å². The Morgan fingerprint density at radius 2 is 2.00 bits per heavy atom. The van der Waals surface area contributed by atoms with Gasteiger partial charge >= 0.3 is 0 Å². The van der Waals surface area contributed by atoms with Gasteiger partial charge in [-0.2, -0.15) is 0 Å². The number of halogens is 1. The molecule has 5 nitrogen and oxygen atoms in total. The molecule has 0 amide bonds. The number of guanidine groups is 1. The quantitative estimate of drug-likeness (QED) is 0.373. The van der Waals surface area contributed by atoms with Crippen molar-refractivity contribution in [1.29, 1.82) is 0 Å². The minimum atomic E-state index is 0. The normalized spacial score (nSPS) is 12.9. The third kappa shape index (κ3) is 7.80. The molecule has 0 aromatic carbocycles. The molecule has 134 valence electrons. The monoisotopic (exact) mass is 453 g/mol. The van der Waals surface area contributed by atoms with E-state index in [2.05, 4.69) is 60.2 Å². The van der Waals surface area contributed by atoms with Crippen molar-refractivity contribution in [1.82, 2.24) is 20.1 Å². The zero-order valence-corrected chi connectivity index (χ0v) is 18.4. The van der Waals surface area contributed by atoms with E-state index in [1.165, 1.54) is 0 Å². The van der Waals surface area contributed by atoms with Gasteiger partial charge < -0.3 is 10.2 Å². The summed E-state index contributed by atoms with van der Waals surface area (Å²) < 4.78 is 0. The van der Waals surface area contributed by atoms with E-state index in [1.807, 2.05) is 6.92 Å². The highest BCUT2D eigenvalue weighted by Crippen LogP contribution is 2.10. The zero-order chi connectivity index (χ0) is 16.5. The lowest BCUT2D eigenvalue weighted by Gasteiger charge is -2.26. The van der Waals surface area contributed by atoms with Gasteiger partial charge in [0.05, 0.1) is 23.8 Å². The number of aromatic nitrogens is 1. The summed E-state index contributed by atoms with van der Waals surface area (Å²) in [5.74, 6) is 0.951. The van der Waals surface area contributed by atoms with Gasteiger partial charge in [0.25, 0.3) is 0 Å². The van der Waals surface area contributed by atoms with Crippen LogP contribution in [-0.4, -0.2) is 60.0 Å². The van der Waals surface area contributed by atoms with Crippen molar-refractivity contribution in [2.24, 2.45) is 4.99 Å². The first kappa shape index (κ1) is 22.6. The third-order valence-corrected chi connectivity index (χ3v) is 4.53. The largest absolute Gasteiger partial charge is 0.357 e. The van der Waals surface area contributed by atoms with Crippen molar-refractivity contribution < 1.29 is 0 Å². The maximum Gasteiger partial charge on any atom is 0.194 e. The molecule has 0 aliphatic carbocycles. The Morgan fingerprint density at radius 3 is 2.48 bits per heavy atom. The second kappa shape index (κ2) is 12.0. The summed E-state index contributed by atoms with van der Waals surface area (Å²) in [5, 5.41) is 6.60. The lowest BCUT2D eigenvalue weighted by molar-refractivity contribution is 0.236. The molecule has 23 heavy (non-hydrogen) atoms. The van der Waals surface area contributed by atoms with Crippen LogP contribution in [0.1, 0.15) is 38.4 Å². The fourth-order valence-electron chi connectivity index (χ4n) is 2.45. The third-order valence-electron chi connectivity index (χ3n) is 3.70. The molecule has 1 N–H and O–H groups in total. The Balaban J connectivity index is 0.00000484. The average Bonchev–Trinajstić information content (AvgIpc) is 2.89. The predicted octanol–water partition coefficient (Wildman–Crippen LogP) is 3.20. The topological polar surface area (TPSA) is 43.8 Å². The molecule has 0 bridgehead atoms. The van der Waals surface area contributed by atoms with Gasteiger partial charge in [-0.25, -0.2) is 4.98 Å². The van der Waals surface area contributed by atoms with Gasteiger partial charge in [0.2, 0.25) is 0 Å². The highest BCUT2D eigenvalue weighted by molar-refractivity contribution is 14.0. The molecule has 0 aliphatic rings. The van der Waals surface area contributed by atoms with Gasteiger partial charge in [0.1, 0.15) is 0 Å². The van der Waals surface area contributed by atoms with Crippen molar-refractivity contribution >= 4 is 41.3 Å². The second-order valence-electron chi connectivity index (χ2n) is 5.48. The van der Waals surface area contributed by atoms with E-state index in [0.717, 1.165) is 49.4 Å². The first-order valence-corrected chi connectivity index (χ1v) is 9.04. The van der Waals surface area contributed by atoms with Gasteiger partial charge in [-0.15, -0.1) is 35.3 Å². The van der Waals surface area contributed by atoms with Gasteiger partial charge in [0, 0.05) is 25.0 Å². The van der Waals surface area contributed by atoms with Crippen LogP contribution in [-0.2, 0) is 6.54 Å². The van der Waals surface area contributed by atoms with Crippen molar-refractivity contribution in [2.75, 3.05) is 33.2 Å². The number of rotatable bonds is 8. The lowest BCUT2D eigenvalue weighted by Crippen LogP contribution is -2.40. The first-order chi connectivity index (χ1) is 10.5. The van der Waals surface area contributed by atoms with E-state index >= 15 is 0 Å². The Hall–Kier alpha value is -0.410. The van der Waals surface area contributed by atoms with Gasteiger partial charge in [-0.05, 0) is 33.9 Å². The van der Waals surface area contributed by atoms with Gasteiger partial charge in [-0.1, -0.05) is 13.8 Å². The number of likely N-dealkylation sites (N-methyl/N-ethyl adjacent to an activating group) is 1. The molecule has 1 aromatic rings. The number of hydrogen-bond acceptors (Lipinski definition) is 4. The van der Waals surface area contributed by atoms with E-state index in [4.69, 9.17) is 4.99 Å². The molecule has 0 aliphatic heterocycles. The molecule has 1 heterocycles. The molecule has 0 saturated heterocycles. The predicted molar refractivity (Wildman–Crippen MR) is 112 cm³/mol. The van der Waals surface area contributed by atoms with Crippen LogP contribution in [0.2, 0.25) is 0 Å². The van der Waals surface area contributed by atoms with Crippen molar-refractivity contribution in [3.63, 3.8) is 0 Å². The summed E-state index contributed by atoms with van der Waals surface area (Å²) in [6.45, 7) is 15.4. The average molecular weight is 453 g/mol. The van der Waals surface area contributed by atoms with Crippen LogP contribution < -0.4 is 5.32 Å². The van der Waals surface area contributed by atoms with Crippen molar-refractivity contribution in [3.05, 3.63) is 16.1 Å². The smallest absolute Gasteiger partial charge is 0.194 e. The maximum absolute atomic E-state index is 4.80. The summed E-state index contributed by atoms with van der Waals surface area (Å²) >= 11 is 1.69. The number of nitrogens with zero attached hydrogens (tertiary/aromatic N) is 4. The fraction of sp³-hybridized carbons (Fsp3) is 0.750. The molecule has 0 fully saturated rings. The number of nitrogens with one attached hydrogen (secondary N) is 1. The van der Waals surface area contributed by atoms with Crippen molar-refractivity contribution in [3.8, 4) is 0 Å². The summed E-state index contributed by atoms with van der Waals surface area (Å²) in [7, 11) is 2.07. The Morgan fingerprint density at radius 1 is 1.35 bits per heavy atom.